The highest BCUT2D eigenvalue weighted by Crippen LogP contribution is 2.23. The van der Waals surface area contributed by atoms with Crippen LogP contribution in [-0.4, -0.2) is 10.9 Å². The van der Waals surface area contributed by atoms with E-state index >= 15 is 0 Å². The van der Waals surface area contributed by atoms with Gasteiger partial charge in [-0.05, 0) is 36.8 Å². The average molecular weight is 392 g/mol. The minimum atomic E-state index is -0.203. The van der Waals surface area contributed by atoms with Gasteiger partial charge >= 0.3 is 0 Å². The predicted octanol–water partition coefficient (Wildman–Crippen LogP) is 5.62. The lowest BCUT2D eigenvalue weighted by Gasteiger charge is -2.12. The lowest BCUT2D eigenvalue weighted by Crippen LogP contribution is -2.14. The Morgan fingerprint density at radius 3 is 2.72 bits per heavy atom. The zero-order chi connectivity index (χ0) is 17.8. The maximum absolute atomic E-state index is 12.6. The van der Waals surface area contributed by atoms with E-state index in [0.29, 0.717) is 27.3 Å². The Morgan fingerprint density at radius 2 is 2.00 bits per heavy atom. The Balaban J connectivity index is 1.74. The smallest absolute Gasteiger partial charge is 0.257 e. The Morgan fingerprint density at radius 1 is 1.20 bits per heavy atom. The molecule has 2 aromatic carbocycles. The van der Waals surface area contributed by atoms with Crippen LogP contribution in [0, 0.1) is 6.92 Å². The number of carbonyl (C=O) groups excluding carboxylic acids is 1. The largest absolute Gasteiger partial charge is 0.379 e. The molecule has 3 rings (SSSR count). The number of anilines is 2. The molecule has 3 aromatic rings. The van der Waals surface area contributed by atoms with Crippen molar-refractivity contribution in [2.24, 2.45) is 0 Å². The lowest BCUT2D eigenvalue weighted by atomic mass is 10.1. The van der Waals surface area contributed by atoms with Crippen molar-refractivity contribution >= 4 is 51.8 Å². The van der Waals surface area contributed by atoms with Gasteiger partial charge in [-0.1, -0.05) is 41.4 Å². The van der Waals surface area contributed by atoms with E-state index in [1.165, 1.54) is 11.3 Å². The number of aromatic nitrogens is 1. The summed E-state index contributed by atoms with van der Waals surface area (Å²) in [6.07, 6.45) is 1.72. The molecule has 0 radical (unpaired) electrons. The van der Waals surface area contributed by atoms with Gasteiger partial charge in [-0.2, -0.15) is 0 Å². The molecule has 0 atom stereocenters. The molecule has 0 saturated heterocycles. The van der Waals surface area contributed by atoms with Crippen molar-refractivity contribution in [3.8, 4) is 0 Å². The molecule has 0 bridgehead atoms. The number of rotatable bonds is 5. The molecule has 1 amide bonds. The number of para-hydroxylation sites is 1. The minimum absolute atomic E-state index is 0.203. The number of nitrogens with zero attached hydrogens (tertiary/aromatic N) is 1. The van der Waals surface area contributed by atoms with Gasteiger partial charge in [0.2, 0.25) is 0 Å². The van der Waals surface area contributed by atoms with Crippen molar-refractivity contribution in [3.05, 3.63) is 74.2 Å². The minimum Gasteiger partial charge on any atom is -0.379 e. The number of halogens is 2. The summed E-state index contributed by atoms with van der Waals surface area (Å²) >= 11 is 13.4. The van der Waals surface area contributed by atoms with E-state index in [2.05, 4.69) is 15.6 Å². The van der Waals surface area contributed by atoms with E-state index in [1.807, 2.05) is 37.3 Å². The molecule has 0 aliphatic rings. The fourth-order valence-electron chi connectivity index (χ4n) is 2.25. The molecule has 128 valence electrons. The van der Waals surface area contributed by atoms with E-state index in [0.717, 1.165) is 16.1 Å². The molecule has 0 saturated carbocycles. The van der Waals surface area contributed by atoms with Gasteiger partial charge < -0.3 is 10.6 Å². The molecule has 25 heavy (non-hydrogen) atoms. The first kappa shape index (κ1) is 17.7. The van der Waals surface area contributed by atoms with Crippen LogP contribution in [0.15, 0.2) is 48.7 Å². The summed E-state index contributed by atoms with van der Waals surface area (Å²) in [4.78, 5) is 17.6. The topological polar surface area (TPSA) is 54.0 Å². The van der Waals surface area contributed by atoms with Crippen LogP contribution in [-0.2, 0) is 6.54 Å². The van der Waals surface area contributed by atoms with Gasteiger partial charge in [-0.25, -0.2) is 4.98 Å². The van der Waals surface area contributed by atoms with Crippen LogP contribution in [0.4, 0.5) is 11.4 Å². The van der Waals surface area contributed by atoms with Gasteiger partial charge in [0.05, 0.1) is 12.1 Å². The normalized spacial score (nSPS) is 10.5. The third-order valence-corrected chi connectivity index (χ3v) is 5.10. The summed E-state index contributed by atoms with van der Waals surface area (Å²) in [5, 5.41) is 6.75. The number of carbonyl (C=O) groups is 1. The second kappa shape index (κ2) is 7.87. The summed E-state index contributed by atoms with van der Waals surface area (Å²) < 4.78 is 0.499. The summed E-state index contributed by atoms with van der Waals surface area (Å²) in [7, 11) is 0. The summed E-state index contributed by atoms with van der Waals surface area (Å²) in [6, 6.07) is 12.8. The van der Waals surface area contributed by atoms with E-state index in [1.54, 1.807) is 18.3 Å². The molecule has 0 unspecified atom stereocenters. The van der Waals surface area contributed by atoms with Crippen molar-refractivity contribution in [1.29, 1.82) is 0 Å². The standard InChI is InChI=1S/C18H15Cl2N3OS/c1-11-6-7-12(8-15(11)19)23-17(24)14-4-2-3-5-16(14)21-9-13-10-22-18(20)25-13/h2-8,10,21H,9H2,1H3,(H,23,24). The van der Waals surface area contributed by atoms with Crippen molar-refractivity contribution in [2.75, 3.05) is 10.6 Å². The van der Waals surface area contributed by atoms with Crippen molar-refractivity contribution < 1.29 is 4.79 Å². The van der Waals surface area contributed by atoms with Gasteiger partial charge in [0.15, 0.2) is 4.47 Å². The number of aryl methyl sites for hydroxylation is 1. The van der Waals surface area contributed by atoms with Crippen molar-refractivity contribution in [1.82, 2.24) is 4.98 Å². The van der Waals surface area contributed by atoms with E-state index in [4.69, 9.17) is 23.2 Å². The third-order valence-electron chi connectivity index (χ3n) is 3.58. The monoisotopic (exact) mass is 391 g/mol. The van der Waals surface area contributed by atoms with Gasteiger partial charge in [0, 0.05) is 27.5 Å². The molecule has 0 spiro atoms. The zero-order valence-electron chi connectivity index (χ0n) is 13.3. The highest BCUT2D eigenvalue weighted by atomic mass is 35.5. The molecule has 0 fully saturated rings. The molecule has 1 heterocycles. The van der Waals surface area contributed by atoms with Crippen LogP contribution in [0.1, 0.15) is 20.8 Å². The van der Waals surface area contributed by atoms with Crippen LogP contribution >= 0.6 is 34.5 Å². The fourth-order valence-corrected chi connectivity index (χ4v) is 3.35. The van der Waals surface area contributed by atoms with Gasteiger partial charge in [0.1, 0.15) is 0 Å². The average Bonchev–Trinajstić information content (AvgIpc) is 3.02. The number of hydrogen-bond acceptors (Lipinski definition) is 4. The van der Waals surface area contributed by atoms with Crippen LogP contribution in [0.25, 0.3) is 0 Å². The molecular formula is C18H15Cl2N3OS. The summed E-state index contributed by atoms with van der Waals surface area (Å²) in [5.74, 6) is -0.203. The van der Waals surface area contributed by atoms with Gasteiger partial charge in [-0.3, -0.25) is 4.79 Å². The summed E-state index contributed by atoms with van der Waals surface area (Å²) in [5.41, 5.74) is 2.91. The van der Waals surface area contributed by atoms with E-state index < -0.39 is 0 Å². The highest BCUT2D eigenvalue weighted by Gasteiger charge is 2.12. The van der Waals surface area contributed by atoms with Crippen LogP contribution in [0.2, 0.25) is 9.49 Å². The number of hydrogen-bond donors (Lipinski definition) is 2. The first-order chi connectivity index (χ1) is 12.0. The molecule has 4 nitrogen and oxygen atoms in total. The number of nitrogens with one attached hydrogen (secondary N) is 2. The van der Waals surface area contributed by atoms with Crippen LogP contribution < -0.4 is 10.6 Å². The quantitative estimate of drug-likeness (QED) is 0.592. The number of thiazole rings is 1. The molecule has 0 aliphatic carbocycles. The van der Waals surface area contributed by atoms with Gasteiger partial charge in [-0.15, -0.1) is 11.3 Å². The van der Waals surface area contributed by atoms with Crippen LogP contribution in [0.3, 0.4) is 0 Å². The number of benzene rings is 2. The van der Waals surface area contributed by atoms with Crippen LogP contribution in [0.5, 0.6) is 0 Å². The highest BCUT2D eigenvalue weighted by molar-refractivity contribution is 7.15. The number of amides is 1. The Kier molecular flexibility index (Phi) is 5.58. The van der Waals surface area contributed by atoms with Crippen molar-refractivity contribution in [3.63, 3.8) is 0 Å². The first-order valence-corrected chi connectivity index (χ1v) is 9.11. The maximum Gasteiger partial charge on any atom is 0.257 e. The third kappa shape index (κ3) is 4.51. The van der Waals surface area contributed by atoms with E-state index in [-0.39, 0.29) is 5.91 Å². The Bertz CT molecular complexity index is 911. The predicted molar refractivity (Wildman–Crippen MR) is 105 cm³/mol. The van der Waals surface area contributed by atoms with E-state index in [9.17, 15) is 4.79 Å². The maximum atomic E-state index is 12.6. The molecule has 0 aliphatic heterocycles. The molecular weight excluding hydrogens is 377 g/mol. The second-order valence-electron chi connectivity index (χ2n) is 5.40. The summed E-state index contributed by atoms with van der Waals surface area (Å²) in [6.45, 7) is 2.46. The zero-order valence-corrected chi connectivity index (χ0v) is 15.7. The fraction of sp³-hybridized carbons (Fsp3) is 0.111. The SMILES string of the molecule is Cc1ccc(NC(=O)c2ccccc2NCc2cnc(Cl)s2)cc1Cl. The van der Waals surface area contributed by atoms with Gasteiger partial charge in [0.25, 0.3) is 5.91 Å². The second-order valence-corrected chi connectivity index (χ2v) is 7.50. The Hall–Kier alpha value is -2.08. The Labute approximate surface area is 159 Å². The first-order valence-electron chi connectivity index (χ1n) is 7.53. The van der Waals surface area contributed by atoms with Crippen molar-refractivity contribution in [2.45, 2.75) is 13.5 Å². The molecule has 1 aromatic heterocycles. The molecule has 7 heteroatoms. The lowest BCUT2D eigenvalue weighted by molar-refractivity contribution is 0.102. The molecule has 2 N–H and O–H groups in total.